The Bertz CT molecular complexity index is 919. The van der Waals surface area contributed by atoms with Crippen LogP contribution in [-0.4, -0.2) is 48.6 Å². The average molecular weight is 438 g/mol. The van der Waals surface area contributed by atoms with Crippen molar-refractivity contribution < 1.29 is 13.9 Å². The number of likely N-dealkylation sites (N-methyl/N-ethyl adjacent to an activating group) is 1. The maximum Gasteiger partial charge on any atom is 0.266 e. The van der Waals surface area contributed by atoms with Gasteiger partial charge in [-0.3, -0.25) is 9.69 Å². The fraction of sp³-hybridized carbons (Fsp3) is 0.333. The first-order chi connectivity index (χ1) is 13.6. The quantitative estimate of drug-likeness (QED) is 0.490. The molecule has 8 heteroatoms. The van der Waals surface area contributed by atoms with Gasteiger partial charge in [0, 0.05) is 13.1 Å². The minimum atomic E-state index is -0.309. The van der Waals surface area contributed by atoms with Crippen LogP contribution in [0.3, 0.4) is 0 Å². The molecule has 0 bridgehead atoms. The first-order valence-electron chi connectivity index (χ1n) is 9.37. The summed E-state index contributed by atoms with van der Waals surface area (Å²) < 4.78 is 19.9. The number of fused-ring (bicyclic) bond motifs is 1. The molecule has 29 heavy (non-hydrogen) atoms. The summed E-state index contributed by atoms with van der Waals surface area (Å²) in [7, 11) is 0. The SMILES string of the molecule is CCN(CC)CCN(C(=O)COc1ccccc1)c1nc2ccc(F)cc2s1.Cl. The van der Waals surface area contributed by atoms with E-state index in [4.69, 9.17) is 4.74 Å². The molecule has 3 rings (SSSR count). The Morgan fingerprint density at radius 3 is 2.52 bits per heavy atom. The summed E-state index contributed by atoms with van der Waals surface area (Å²) in [5.74, 6) is 0.164. The third-order valence-corrected chi connectivity index (χ3v) is 5.55. The minimum absolute atomic E-state index is 0. The van der Waals surface area contributed by atoms with Crippen molar-refractivity contribution in [1.29, 1.82) is 0 Å². The Morgan fingerprint density at radius 1 is 1.10 bits per heavy atom. The molecule has 1 amide bonds. The zero-order chi connectivity index (χ0) is 19.9. The zero-order valence-corrected chi connectivity index (χ0v) is 18.1. The monoisotopic (exact) mass is 437 g/mol. The summed E-state index contributed by atoms with van der Waals surface area (Å²) >= 11 is 1.32. The van der Waals surface area contributed by atoms with Crippen LogP contribution in [0.25, 0.3) is 10.2 Å². The number of nitrogens with zero attached hydrogens (tertiary/aromatic N) is 3. The van der Waals surface area contributed by atoms with Crippen molar-refractivity contribution in [3.05, 3.63) is 54.3 Å². The first-order valence-corrected chi connectivity index (χ1v) is 10.2. The molecule has 1 aromatic heterocycles. The number of hydrogen-bond donors (Lipinski definition) is 0. The van der Waals surface area contributed by atoms with Crippen LogP contribution in [0.1, 0.15) is 13.8 Å². The molecule has 0 unspecified atom stereocenters. The predicted molar refractivity (Wildman–Crippen MR) is 119 cm³/mol. The largest absolute Gasteiger partial charge is 0.484 e. The lowest BCUT2D eigenvalue weighted by Gasteiger charge is -2.24. The fourth-order valence-corrected chi connectivity index (χ4v) is 3.88. The maximum absolute atomic E-state index is 13.5. The molecule has 0 fully saturated rings. The Kier molecular flexibility index (Phi) is 8.82. The van der Waals surface area contributed by atoms with Crippen molar-refractivity contribution in [1.82, 2.24) is 9.88 Å². The van der Waals surface area contributed by atoms with Gasteiger partial charge in [-0.2, -0.15) is 0 Å². The molecule has 0 aliphatic heterocycles. The van der Waals surface area contributed by atoms with E-state index in [0.717, 1.165) is 24.3 Å². The van der Waals surface area contributed by atoms with Crippen molar-refractivity contribution in [2.45, 2.75) is 13.8 Å². The van der Waals surface area contributed by atoms with Crippen LogP contribution in [0.2, 0.25) is 0 Å². The standard InChI is InChI=1S/C21H24FN3O2S.ClH/c1-3-24(4-2)12-13-25(20(26)15-27-17-8-6-5-7-9-17)21-23-18-11-10-16(22)14-19(18)28-21;/h5-11,14H,3-4,12-13,15H2,1-2H3;1H. The van der Waals surface area contributed by atoms with Crippen LogP contribution >= 0.6 is 23.7 Å². The molecule has 0 atom stereocenters. The Morgan fingerprint density at radius 2 is 1.83 bits per heavy atom. The highest BCUT2D eigenvalue weighted by Gasteiger charge is 2.21. The lowest BCUT2D eigenvalue weighted by Crippen LogP contribution is -2.41. The Hall–Kier alpha value is -2.22. The highest BCUT2D eigenvalue weighted by atomic mass is 35.5. The number of ether oxygens (including phenoxy) is 1. The number of carbonyl (C=O) groups excluding carboxylic acids is 1. The number of rotatable bonds is 9. The molecule has 2 aromatic carbocycles. The summed E-state index contributed by atoms with van der Waals surface area (Å²) in [5, 5.41) is 0.564. The van der Waals surface area contributed by atoms with Crippen LogP contribution < -0.4 is 9.64 Å². The normalized spacial score (nSPS) is 10.8. The number of carbonyl (C=O) groups is 1. The van der Waals surface area contributed by atoms with Crippen LogP contribution in [0.15, 0.2) is 48.5 Å². The summed E-state index contributed by atoms with van der Waals surface area (Å²) in [4.78, 5) is 21.4. The molecule has 156 valence electrons. The number of amides is 1. The molecule has 1 heterocycles. The summed E-state index contributed by atoms with van der Waals surface area (Å²) in [6.07, 6.45) is 0. The van der Waals surface area contributed by atoms with E-state index in [0.29, 0.717) is 22.9 Å². The molecule has 0 aliphatic rings. The van der Waals surface area contributed by atoms with E-state index in [1.165, 1.54) is 23.5 Å². The molecular formula is C21H25ClFN3O2S. The summed E-state index contributed by atoms with van der Waals surface area (Å²) in [6, 6.07) is 13.7. The Labute approximate surface area is 180 Å². The van der Waals surface area contributed by atoms with Crippen molar-refractivity contribution in [2.24, 2.45) is 0 Å². The van der Waals surface area contributed by atoms with Crippen LogP contribution in [0, 0.1) is 5.82 Å². The van der Waals surface area contributed by atoms with Gasteiger partial charge in [-0.25, -0.2) is 9.37 Å². The summed E-state index contributed by atoms with van der Waals surface area (Å²) in [6.45, 7) is 7.15. The molecule has 0 saturated carbocycles. The van der Waals surface area contributed by atoms with Gasteiger partial charge in [0.1, 0.15) is 11.6 Å². The van der Waals surface area contributed by atoms with Crippen LogP contribution in [0.4, 0.5) is 9.52 Å². The van der Waals surface area contributed by atoms with Gasteiger partial charge in [0.05, 0.1) is 10.2 Å². The van der Waals surface area contributed by atoms with Crippen molar-refractivity contribution in [3.63, 3.8) is 0 Å². The second-order valence-corrected chi connectivity index (χ2v) is 7.29. The fourth-order valence-electron chi connectivity index (χ4n) is 2.85. The predicted octanol–water partition coefficient (Wildman–Crippen LogP) is 4.61. The number of halogens is 2. The topological polar surface area (TPSA) is 45.7 Å². The molecule has 5 nitrogen and oxygen atoms in total. The van der Waals surface area contributed by atoms with Gasteiger partial charge in [0.25, 0.3) is 5.91 Å². The van der Waals surface area contributed by atoms with E-state index < -0.39 is 0 Å². The molecule has 0 aliphatic carbocycles. The number of aromatic nitrogens is 1. The smallest absolute Gasteiger partial charge is 0.266 e. The Balaban J connectivity index is 0.00000300. The lowest BCUT2D eigenvalue weighted by molar-refractivity contribution is -0.120. The van der Waals surface area contributed by atoms with Crippen molar-refractivity contribution in [3.8, 4) is 5.75 Å². The number of para-hydroxylation sites is 1. The first kappa shape index (κ1) is 23.1. The zero-order valence-electron chi connectivity index (χ0n) is 16.5. The number of benzene rings is 2. The van der Waals surface area contributed by atoms with Gasteiger partial charge in [0.2, 0.25) is 0 Å². The van der Waals surface area contributed by atoms with Gasteiger partial charge >= 0.3 is 0 Å². The van der Waals surface area contributed by atoms with Crippen LogP contribution in [-0.2, 0) is 4.79 Å². The molecule has 0 spiro atoms. The lowest BCUT2D eigenvalue weighted by atomic mass is 10.3. The van der Waals surface area contributed by atoms with Gasteiger partial charge in [0.15, 0.2) is 11.7 Å². The highest BCUT2D eigenvalue weighted by Crippen LogP contribution is 2.29. The van der Waals surface area contributed by atoms with Crippen LogP contribution in [0.5, 0.6) is 5.75 Å². The van der Waals surface area contributed by atoms with Gasteiger partial charge in [-0.05, 0) is 43.4 Å². The van der Waals surface area contributed by atoms with Gasteiger partial charge in [-0.1, -0.05) is 43.4 Å². The highest BCUT2D eigenvalue weighted by molar-refractivity contribution is 7.22. The van der Waals surface area contributed by atoms with E-state index in [9.17, 15) is 9.18 Å². The van der Waals surface area contributed by atoms with E-state index in [1.807, 2.05) is 30.3 Å². The number of hydrogen-bond acceptors (Lipinski definition) is 5. The third kappa shape index (κ3) is 6.13. The van der Waals surface area contributed by atoms with Gasteiger partial charge in [-0.15, -0.1) is 12.4 Å². The third-order valence-electron chi connectivity index (χ3n) is 4.51. The number of thiazole rings is 1. The van der Waals surface area contributed by atoms with E-state index in [1.54, 1.807) is 11.0 Å². The molecule has 0 saturated heterocycles. The molecular weight excluding hydrogens is 413 g/mol. The van der Waals surface area contributed by atoms with Gasteiger partial charge < -0.3 is 9.64 Å². The van der Waals surface area contributed by atoms with Crippen molar-refractivity contribution >= 4 is 45.0 Å². The van der Waals surface area contributed by atoms with E-state index >= 15 is 0 Å². The minimum Gasteiger partial charge on any atom is -0.484 e. The van der Waals surface area contributed by atoms with Crippen molar-refractivity contribution in [2.75, 3.05) is 37.7 Å². The molecule has 0 radical (unpaired) electrons. The number of anilines is 1. The molecule has 0 N–H and O–H groups in total. The summed E-state index contributed by atoms with van der Waals surface area (Å²) in [5.41, 5.74) is 0.686. The molecule has 3 aromatic rings. The van der Waals surface area contributed by atoms with E-state index in [-0.39, 0.29) is 30.7 Å². The second kappa shape index (κ2) is 11.1. The van der Waals surface area contributed by atoms with E-state index in [2.05, 4.69) is 23.7 Å². The second-order valence-electron chi connectivity index (χ2n) is 6.28. The maximum atomic E-state index is 13.5. The average Bonchev–Trinajstić information content (AvgIpc) is 3.13.